The van der Waals surface area contributed by atoms with E-state index in [-0.39, 0.29) is 12.4 Å². The number of aryl methyl sites for hydroxylation is 2. The molecule has 1 aromatic carbocycles. The van der Waals surface area contributed by atoms with E-state index >= 15 is 0 Å². The minimum absolute atomic E-state index is 0. The minimum atomic E-state index is 0. The fourth-order valence-electron chi connectivity index (χ4n) is 3.42. The fraction of sp³-hybridized carbons (Fsp3) is 0.533. The molecule has 3 heterocycles. The Morgan fingerprint density at radius 2 is 1.79 bits per heavy atom. The van der Waals surface area contributed by atoms with Crippen molar-refractivity contribution in [1.29, 1.82) is 0 Å². The summed E-state index contributed by atoms with van der Waals surface area (Å²) >= 11 is 0. The molecule has 1 aromatic heterocycles. The Balaban J connectivity index is 0.00000110. The number of para-hydroxylation sites is 1. The predicted octanol–water partition coefficient (Wildman–Crippen LogP) is 3.39. The first kappa shape index (κ1) is 12.8. The summed E-state index contributed by atoms with van der Waals surface area (Å²) in [4.78, 5) is 7.38. The highest BCUT2D eigenvalue weighted by molar-refractivity contribution is 5.85. The van der Waals surface area contributed by atoms with Gasteiger partial charge in [0, 0.05) is 19.6 Å². The summed E-state index contributed by atoms with van der Waals surface area (Å²) in [7, 11) is 0. The van der Waals surface area contributed by atoms with Gasteiger partial charge in [-0.1, -0.05) is 12.1 Å². The van der Waals surface area contributed by atoms with Crippen molar-refractivity contribution in [2.24, 2.45) is 0 Å². The van der Waals surface area contributed by atoms with Gasteiger partial charge in [-0.3, -0.25) is 0 Å². The Bertz CT molecular complexity index is 584. The molecule has 19 heavy (non-hydrogen) atoms. The normalized spacial score (nSPS) is 18.4. The lowest BCUT2D eigenvalue weighted by Gasteiger charge is -2.29. The first-order valence-corrected chi connectivity index (χ1v) is 7.16. The van der Waals surface area contributed by atoms with Gasteiger partial charge in [-0.15, -0.1) is 12.4 Å². The summed E-state index contributed by atoms with van der Waals surface area (Å²) in [5.41, 5.74) is 4.06. The smallest absolute Gasteiger partial charge is 0.206 e. The van der Waals surface area contributed by atoms with E-state index in [2.05, 4.69) is 27.7 Å². The van der Waals surface area contributed by atoms with Crippen LogP contribution in [0.5, 0.6) is 0 Å². The van der Waals surface area contributed by atoms with Gasteiger partial charge in [-0.25, -0.2) is 4.98 Å². The van der Waals surface area contributed by atoms with Crippen LogP contribution in [-0.4, -0.2) is 22.6 Å². The van der Waals surface area contributed by atoms with E-state index in [1.165, 1.54) is 67.7 Å². The molecular formula is C15H20ClN3. The fourth-order valence-corrected chi connectivity index (χ4v) is 3.42. The second-order valence-corrected chi connectivity index (χ2v) is 5.50. The molecule has 0 N–H and O–H groups in total. The van der Waals surface area contributed by atoms with E-state index in [1.807, 2.05) is 0 Å². The van der Waals surface area contributed by atoms with Gasteiger partial charge in [-0.05, 0) is 43.7 Å². The summed E-state index contributed by atoms with van der Waals surface area (Å²) in [5.74, 6) is 1.22. The summed E-state index contributed by atoms with van der Waals surface area (Å²) in [6.45, 7) is 3.50. The van der Waals surface area contributed by atoms with Crippen molar-refractivity contribution >= 4 is 29.4 Å². The summed E-state index contributed by atoms with van der Waals surface area (Å²) in [5, 5.41) is 0. The number of hydrogen-bond donors (Lipinski definition) is 0. The number of piperidine rings is 1. The molecule has 0 bridgehead atoms. The standard InChI is InChI=1S/C15H19N3.ClH/c1-2-9-17(10-3-1)15-16-13-8-4-6-12-7-5-11-18(15)14(12)13;/h4,6,8H,1-3,5,7,9-11H2;1H. The van der Waals surface area contributed by atoms with Gasteiger partial charge in [-0.2, -0.15) is 0 Å². The van der Waals surface area contributed by atoms with Crippen LogP contribution >= 0.6 is 12.4 Å². The third kappa shape index (κ3) is 2.00. The first-order chi connectivity index (χ1) is 8.93. The Morgan fingerprint density at radius 3 is 2.63 bits per heavy atom. The molecule has 1 fully saturated rings. The molecule has 0 aliphatic carbocycles. The van der Waals surface area contributed by atoms with Gasteiger partial charge in [0.2, 0.25) is 5.95 Å². The van der Waals surface area contributed by atoms with E-state index in [1.54, 1.807) is 0 Å². The molecule has 4 heteroatoms. The molecule has 0 spiro atoms. The summed E-state index contributed by atoms with van der Waals surface area (Å²) in [6, 6.07) is 6.58. The van der Waals surface area contributed by atoms with Crippen molar-refractivity contribution in [3.05, 3.63) is 23.8 Å². The van der Waals surface area contributed by atoms with Gasteiger partial charge >= 0.3 is 0 Å². The molecule has 1 saturated heterocycles. The topological polar surface area (TPSA) is 21.1 Å². The third-order valence-corrected chi connectivity index (χ3v) is 4.30. The SMILES string of the molecule is Cl.c1cc2c3c(c1)nc(N1CCCCC1)n3CCC2. The van der Waals surface area contributed by atoms with E-state index in [0.717, 1.165) is 6.54 Å². The number of nitrogens with zero attached hydrogens (tertiary/aromatic N) is 3. The van der Waals surface area contributed by atoms with Crippen molar-refractivity contribution < 1.29 is 0 Å². The van der Waals surface area contributed by atoms with Crippen molar-refractivity contribution in [2.75, 3.05) is 18.0 Å². The zero-order chi connectivity index (χ0) is 11.9. The predicted molar refractivity (Wildman–Crippen MR) is 81.4 cm³/mol. The van der Waals surface area contributed by atoms with Gasteiger partial charge < -0.3 is 9.47 Å². The monoisotopic (exact) mass is 277 g/mol. The Hall–Kier alpha value is -1.22. The average Bonchev–Trinajstić information content (AvgIpc) is 2.82. The van der Waals surface area contributed by atoms with Crippen molar-refractivity contribution in [3.63, 3.8) is 0 Å². The second-order valence-electron chi connectivity index (χ2n) is 5.50. The number of benzene rings is 1. The maximum Gasteiger partial charge on any atom is 0.206 e. The lowest BCUT2D eigenvalue weighted by Crippen LogP contribution is -2.32. The van der Waals surface area contributed by atoms with Gasteiger partial charge in [0.25, 0.3) is 0 Å². The Labute approximate surface area is 120 Å². The molecule has 0 amide bonds. The van der Waals surface area contributed by atoms with Crippen LogP contribution in [0.25, 0.3) is 11.0 Å². The van der Waals surface area contributed by atoms with Crippen LogP contribution < -0.4 is 4.90 Å². The van der Waals surface area contributed by atoms with Crippen LogP contribution in [0.4, 0.5) is 5.95 Å². The molecule has 0 radical (unpaired) electrons. The lowest BCUT2D eigenvalue weighted by molar-refractivity contribution is 0.546. The molecule has 2 aliphatic rings. The van der Waals surface area contributed by atoms with Crippen LogP contribution in [0, 0.1) is 0 Å². The molecule has 3 nitrogen and oxygen atoms in total. The number of imidazole rings is 1. The zero-order valence-corrected chi connectivity index (χ0v) is 12.0. The number of halogens is 1. The van der Waals surface area contributed by atoms with E-state index in [4.69, 9.17) is 4.98 Å². The van der Waals surface area contributed by atoms with Gasteiger partial charge in [0.1, 0.15) is 0 Å². The van der Waals surface area contributed by atoms with E-state index in [9.17, 15) is 0 Å². The number of rotatable bonds is 1. The third-order valence-electron chi connectivity index (χ3n) is 4.30. The maximum atomic E-state index is 4.90. The van der Waals surface area contributed by atoms with Crippen LogP contribution in [-0.2, 0) is 13.0 Å². The maximum absolute atomic E-state index is 4.90. The molecule has 2 aromatic rings. The molecule has 102 valence electrons. The van der Waals surface area contributed by atoms with Crippen molar-refractivity contribution in [3.8, 4) is 0 Å². The first-order valence-electron chi connectivity index (χ1n) is 7.16. The molecule has 0 unspecified atom stereocenters. The summed E-state index contributed by atoms with van der Waals surface area (Å²) < 4.78 is 2.46. The van der Waals surface area contributed by atoms with E-state index in [0.29, 0.717) is 0 Å². The highest BCUT2D eigenvalue weighted by atomic mass is 35.5. The molecular weight excluding hydrogens is 258 g/mol. The lowest BCUT2D eigenvalue weighted by atomic mass is 10.0. The van der Waals surface area contributed by atoms with Crippen LogP contribution in [0.2, 0.25) is 0 Å². The van der Waals surface area contributed by atoms with Gasteiger partial charge in [0.15, 0.2) is 0 Å². The molecule has 0 saturated carbocycles. The quantitative estimate of drug-likeness (QED) is 0.797. The number of aromatic nitrogens is 2. The van der Waals surface area contributed by atoms with Crippen LogP contribution in [0.1, 0.15) is 31.2 Å². The zero-order valence-electron chi connectivity index (χ0n) is 11.1. The minimum Gasteiger partial charge on any atom is -0.342 e. The van der Waals surface area contributed by atoms with Crippen LogP contribution in [0.3, 0.4) is 0 Å². The highest BCUT2D eigenvalue weighted by Gasteiger charge is 2.22. The average molecular weight is 278 g/mol. The second kappa shape index (κ2) is 5.04. The highest BCUT2D eigenvalue weighted by Crippen LogP contribution is 2.31. The van der Waals surface area contributed by atoms with Crippen LogP contribution in [0.15, 0.2) is 18.2 Å². The summed E-state index contributed by atoms with van der Waals surface area (Å²) in [6.07, 6.45) is 6.47. The van der Waals surface area contributed by atoms with Crippen molar-refractivity contribution in [2.45, 2.75) is 38.6 Å². The molecule has 2 aliphatic heterocycles. The largest absolute Gasteiger partial charge is 0.342 e. The number of anilines is 1. The van der Waals surface area contributed by atoms with E-state index < -0.39 is 0 Å². The Kier molecular flexibility index (Phi) is 3.40. The Morgan fingerprint density at radius 1 is 0.947 bits per heavy atom. The number of hydrogen-bond acceptors (Lipinski definition) is 2. The molecule has 4 rings (SSSR count). The van der Waals surface area contributed by atoms with Crippen molar-refractivity contribution in [1.82, 2.24) is 9.55 Å². The molecule has 0 atom stereocenters. The van der Waals surface area contributed by atoms with Gasteiger partial charge in [0.05, 0.1) is 11.0 Å².